The fraction of sp³-hybridized carbons (Fsp3) is 0.400. The van der Waals surface area contributed by atoms with Gasteiger partial charge in [0.25, 0.3) is 0 Å². The molecule has 0 aliphatic heterocycles. The second kappa shape index (κ2) is 4.60. The van der Waals surface area contributed by atoms with Crippen LogP contribution in [0.25, 0.3) is 0 Å². The molecule has 1 nitrogen and oxygen atoms in total. The third-order valence-electron chi connectivity index (χ3n) is 0.799. The molecule has 0 atom stereocenters. The number of aromatic nitrogens is 1. The molecule has 0 fully saturated rings. The molecule has 0 saturated heterocycles. The molecular weight excluding hydrogens is 195 g/mol. The standard InChI is InChI=1S/C5H6NS.Y/c1-2-5-3-7-4-6-5;/h3H,2H2,1H3;/q-1;. The second-order valence-electron chi connectivity index (χ2n) is 1.28. The molecule has 0 aliphatic rings. The summed E-state index contributed by atoms with van der Waals surface area (Å²) in [5.41, 5.74) is 3.92. The van der Waals surface area contributed by atoms with E-state index in [-0.39, 0.29) is 32.7 Å². The summed E-state index contributed by atoms with van der Waals surface area (Å²) in [5.74, 6) is 0. The molecule has 1 aromatic rings. The molecule has 0 spiro atoms. The first-order chi connectivity index (χ1) is 3.43. The quantitative estimate of drug-likeness (QED) is 0.627. The molecule has 0 unspecified atom stereocenters. The van der Waals surface area contributed by atoms with Crippen LogP contribution in [0.1, 0.15) is 12.6 Å². The van der Waals surface area contributed by atoms with E-state index >= 15 is 0 Å². The molecule has 8 heavy (non-hydrogen) atoms. The minimum Gasteiger partial charge on any atom is -0.391 e. The average molecular weight is 201 g/mol. The summed E-state index contributed by atoms with van der Waals surface area (Å²) in [6.45, 7) is 2.09. The number of hydrogen-bond donors (Lipinski definition) is 0. The summed E-state index contributed by atoms with van der Waals surface area (Å²) in [4.78, 5) is 3.93. The van der Waals surface area contributed by atoms with Crippen LogP contribution in [0.4, 0.5) is 0 Å². The topological polar surface area (TPSA) is 12.9 Å². The van der Waals surface area contributed by atoms with Gasteiger partial charge in [-0.05, 0) is 5.51 Å². The Morgan fingerprint density at radius 2 is 2.62 bits per heavy atom. The minimum atomic E-state index is 0. The van der Waals surface area contributed by atoms with Gasteiger partial charge < -0.3 is 4.98 Å². The second-order valence-corrected chi connectivity index (χ2v) is 1.94. The average Bonchev–Trinajstić information content (AvgIpc) is 2.14. The predicted molar refractivity (Wildman–Crippen MR) is 30.3 cm³/mol. The van der Waals surface area contributed by atoms with Gasteiger partial charge in [-0.2, -0.15) is 0 Å². The molecule has 0 N–H and O–H groups in total. The Hall–Kier alpha value is 0.734. The first-order valence-electron chi connectivity index (χ1n) is 2.24. The van der Waals surface area contributed by atoms with Crippen LogP contribution in [-0.4, -0.2) is 4.98 Å². The van der Waals surface area contributed by atoms with Crippen molar-refractivity contribution in [3.05, 3.63) is 16.6 Å². The van der Waals surface area contributed by atoms with Gasteiger partial charge in [0.1, 0.15) is 0 Å². The predicted octanol–water partition coefficient (Wildman–Crippen LogP) is 1.50. The van der Waals surface area contributed by atoms with Crippen molar-refractivity contribution in [1.82, 2.24) is 4.98 Å². The molecule has 1 rings (SSSR count). The Morgan fingerprint density at radius 1 is 1.88 bits per heavy atom. The van der Waals surface area contributed by atoms with Crippen molar-refractivity contribution in [1.29, 1.82) is 0 Å². The Kier molecular flexibility index (Phi) is 5.02. The van der Waals surface area contributed by atoms with Crippen LogP contribution in [0.3, 0.4) is 0 Å². The van der Waals surface area contributed by atoms with E-state index in [0.717, 1.165) is 12.1 Å². The maximum Gasteiger partial charge on any atom is 0 e. The van der Waals surface area contributed by atoms with Gasteiger partial charge in [-0.1, -0.05) is 13.3 Å². The van der Waals surface area contributed by atoms with Crippen LogP contribution >= 0.6 is 11.3 Å². The van der Waals surface area contributed by atoms with Crippen molar-refractivity contribution in [2.75, 3.05) is 0 Å². The zero-order chi connectivity index (χ0) is 5.11. The van der Waals surface area contributed by atoms with Gasteiger partial charge in [0.15, 0.2) is 0 Å². The first kappa shape index (κ1) is 8.73. The van der Waals surface area contributed by atoms with Crippen LogP contribution in [0.5, 0.6) is 0 Å². The van der Waals surface area contributed by atoms with Gasteiger partial charge in [0, 0.05) is 32.7 Å². The molecule has 41 valence electrons. The van der Waals surface area contributed by atoms with Crippen LogP contribution in [0.2, 0.25) is 0 Å². The first-order valence-corrected chi connectivity index (χ1v) is 3.12. The maximum atomic E-state index is 3.93. The van der Waals surface area contributed by atoms with Crippen molar-refractivity contribution in [3.63, 3.8) is 0 Å². The molecule has 0 aliphatic carbocycles. The summed E-state index contributed by atoms with van der Waals surface area (Å²) in [6, 6.07) is 0. The van der Waals surface area contributed by atoms with E-state index in [9.17, 15) is 0 Å². The van der Waals surface area contributed by atoms with Gasteiger partial charge in [-0.25, -0.2) is 0 Å². The number of rotatable bonds is 1. The summed E-state index contributed by atoms with van der Waals surface area (Å²) < 4.78 is 0. The molecule has 0 saturated carbocycles. The van der Waals surface area contributed by atoms with E-state index in [4.69, 9.17) is 0 Å². The van der Waals surface area contributed by atoms with Gasteiger partial charge in [0.2, 0.25) is 0 Å². The van der Waals surface area contributed by atoms with Crippen molar-refractivity contribution in [3.8, 4) is 0 Å². The Bertz CT molecular complexity index is 127. The molecular formula is C5H6NSY-. The minimum absolute atomic E-state index is 0. The van der Waals surface area contributed by atoms with Gasteiger partial charge in [0.05, 0.1) is 0 Å². The van der Waals surface area contributed by atoms with E-state index in [2.05, 4.69) is 17.4 Å². The van der Waals surface area contributed by atoms with Crippen LogP contribution in [0.15, 0.2) is 5.38 Å². The van der Waals surface area contributed by atoms with Crippen molar-refractivity contribution in [2.45, 2.75) is 13.3 Å². The third-order valence-corrected chi connectivity index (χ3v) is 1.39. The Balaban J connectivity index is 0.000000490. The third kappa shape index (κ3) is 2.34. The fourth-order valence-electron chi connectivity index (χ4n) is 0.368. The summed E-state index contributed by atoms with van der Waals surface area (Å²) >= 11 is 1.53. The zero-order valence-electron chi connectivity index (χ0n) is 4.72. The van der Waals surface area contributed by atoms with E-state index in [1.54, 1.807) is 0 Å². The fourth-order valence-corrected chi connectivity index (χ4v) is 0.946. The van der Waals surface area contributed by atoms with Crippen molar-refractivity contribution < 1.29 is 32.7 Å². The maximum absolute atomic E-state index is 3.93. The van der Waals surface area contributed by atoms with Crippen molar-refractivity contribution in [2.24, 2.45) is 0 Å². The SMILES string of the molecule is CCc1cs[c-]n1.[Y]. The Morgan fingerprint density at radius 3 is 2.88 bits per heavy atom. The number of nitrogens with zero attached hydrogens (tertiary/aromatic N) is 1. The van der Waals surface area contributed by atoms with Crippen LogP contribution in [0, 0.1) is 5.51 Å². The van der Waals surface area contributed by atoms with Crippen LogP contribution < -0.4 is 0 Å². The Labute approximate surface area is 78.4 Å². The molecule has 3 heteroatoms. The van der Waals surface area contributed by atoms with Crippen LogP contribution in [-0.2, 0) is 39.1 Å². The van der Waals surface area contributed by atoms with Crippen molar-refractivity contribution >= 4 is 11.3 Å². The monoisotopic (exact) mass is 201 g/mol. The number of hydrogen-bond acceptors (Lipinski definition) is 2. The van der Waals surface area contributed by atoms with Gasteiger partial charge in [-0.15, -0.1) is 11.1 Å². The van der Waals surface area contributed by atoms with E-state index in [1.165, 1.54) is 11.3 Å². The largest absolute Gasteiger partial charge is 0.391 e. The smallest absolute Gasteiger partial charge is 0 e. The van der Waals surface area contributed by atoms with E-state index < -0.39 is 0 Å². The van der Waals surface area contributed by atoms with E-state index in [0.29, 0.717) is 0 Å². The molecule has 0 amide bonds. The molecule has 1 heterocycles. The summed E-state index contributed by atoms with van der Waals surface area (Å²) in [5, 5.41) is 2.01. The van der Waals surface area contributed by atoms with Gasteiger partial charge >= 0.3 is 0 Å². The summed E-state index contributed by atoms with van der Waals surface area (Å²) in [6.07, 6.45) is 1.03. The molecule has 1 aromatic heterocycles. The zero-order valence-corrected chi connectivity index (χ0v) is 8.37. The number of thiazole rings is 1. The normalized spacial score (nSPS) is 8.12. The van der Waals surface area contributed by atoms with Gasteiger partial charge in [-0.3, -0.25) is 11.3 Å². The number of aryl methyl sites for hydroxylation is 1. The molecule has 1 radical (unpaired) electrons. The molecule has 0 aromatic carbocycles. The van der Waals surface area contributed by atoms with E-state index in [1.807, 2.05) is 5.38 Å². The molecule has 0 bridgehead atoms. The summed E-state index contributed by atoms with van der Waals surface area (Å²) in [7, 11) is 0.